The van der Waals surface area contributed by atoms with Crippen LogP contribution in [0, 0.1) is 17.8 Å². The van der Waals surface area contributed by atoms with Gasteiger partial charge in [0.15, 0.2) is 0 Å². The average molecular weight is 138 g/mol. The molecule has 58 valence electrons. The minimum atomic E-state index is 0.645. The van der Waals surface area contributed by atoms with Gasteiger partial charge in [-0.1, -0.05) is 26.7 Å². The second-order valence-corrected chi connectivity index (χ2v) is 2.58. The summed E-state index contributed by atoms with van der Waals surface area (Å²) >= 11 is 0. The summed E-state index contributed by atoms with van der Waals surface area (Å²) in [5, 5.41) is 0. The Balaban J connectivity index is 3.52. The number of hydrogen-bond donors (Lipinski definition) is 0. The molecule has 0 heterocycles. The zero-order valence-corrected chi connectivity index (χ0v) is 7.41. The Morgan fingerprint density at radius 1 is 1.10 bits per heavy atom. The lowest BCUT2D eigenvalue weighted by molar-refractivity contribution is 0.626. The van der Waals surface area contributed by atoms with Gasteiger partial charge in [-0.25, -0.2) is 0 Å². The molecular formula is C10H18. The van der Waals surface area contributed by atoms with Crippen molar-refractivity contribution in [1.29, 1.82) is 0 Å². The standard InChI is InChI=1S/C10H18/c1-4-7-8-9-10(5-2)6-3/h10H,4-7H2,1-3H3. The summed E-state index contributed by atoms with van der Waals surface area (Å²) in [5.41, 5.74) is 0. The molecule has 0 amide bonds. The Kier molecular flexibility index (Phi) is 6.38. The number of unbranched alkanes of at least 4 members (excludes halogenated alkanes) is 1. The maximum atomic E-state index is 3.27. The fraction of sp³-hybridized carbons (Fsp3) is 0.800. The van der Waals surface area contributed by atoms with E-state index in [1.807, 2.05) is 0 Å². The third-order valence-corrected chi connectivity index (χ3v) is 1.67. The van der Waals surface area contributed by atoms with E-state index in [0.717, 1.165) is 6.42 Å². The van der Waals surface area contributed by atoms with Crippen molar-refractivity contribution in [3.63, 3.8) is 0 Å². The molecule has 0 aliphatic rings. The molecule has 0 fully saturated rings. The van der Waals surface area contributed by atoms with Gasteiger partial charge in [-0.05, 0) is 19.3 Å². The molecule has 0 heteroatoms. The molecule has 0 atom stereocenters. The molecule has 0 aliphatic carbocycles. The smallest absolute Gasteiger partial charge is 0.0197 e. The van der Waals surface area contributed by atoms with Crippen molar-refractivity contribution in [3.05, 3.63) is 0 Å². The highest BCUT2D eigenvalue weighted by atomic mass is 14.0. The van der Waals surface area contributed by atoms with Crippen molar-refractivity contribution in [1.82, 2.24) is 0 Å². The predicted molar refractivity (Wildman–Crippen MR) is 46.8 cm³/mol. The van der Waals surface area contributed by atoms with E-state index < -0.39 is 0 Å². The van der Waals surface area contributed by atoms with Crippen LogP contribution in [0.5, 0.6) is 0 Å². The summed E-state index contributed by atoms with van der Waals surface area (Å²) in [6, 6.07) is 0. The second kappa shape index (κ2) is 6.68. The van der Waals surface area contributed by atoms with Crippen LogP contribution in [0.4, 0.5) is 0 Å². The highest BCUT2D eigenvalue weighted by Crippen LogP contribution is 2.04. The molecule has 0 saturated carbocycles. The molecule has 0 aromatic heterocycles. The van der Waals surface area contributed by atoms with Crippen LogP contribution in [0.1, 0.15) is 46.5 Å². The topological polar surface area (TPSA) is 0 Å². The van der Waals surface area contributed by atoms with Gasteiger partial charge in [-0.2, -0.15) is 0 Å². The van der Waals surface area contributed by atoms with Crippen molar-refractivity contribution in [3.8, 4) is 11.8 Å². The van der Waals surface area contributed by atoms with Gasteiger partial charge in [0.05, 0.1) is 0 Å². The Morgan fingerprint density at radius 3 is 2.10 bits per heavy atom. The normalized spacial score (nSPS) is 9.20. The molecule has 0 radical (unpaired) electrons. The van der Waals surface area contributed by atoms with Crippen LogP contribution < -0.4 is 0 Å². The van der Waals surface area contributed by atoms with Gasteiger partial charge in [-0.3, -0.25) is 0 Å². The predicted octanol–water partition coefficient (Wildman–Crippen LogP) is 3.23. The fourth-order valence-electron chi connectivity index (χ4n) is 0.834. The molecule has 0 bridgehead atoms. The summed E-state index contributed by atoms with van der Waals surface area (Å²) in [6.45, 7) is 6.57. The van der Waals surface area contributed by atoms with Crippen molar-refractivity contribution in [2.24, 2.45) is 5.92 Å². The van der Waals surface area contributed by atoms with Gasteiger partial charge >= 0.3 is 0 Å². The Labute approximate surface area is 65.0 Å². The van der Waals surface area contributed by atoms with E-state index in [2.05, 4.69) is 32.6 Å². The molecule has 0 unspecified atom stereocenters. The zero-order chi connectivity index (χ0) is 7.82. The van der Waals surface area contributed by atoms with Crippen LogP contribution in [0.25, 0.3) is 0 Å². The molecule has 0 aliphatic heterocycles. The lowest BCUT2D eigenvalue weighted by atomic mass is 10.0. The lowest BCUT2D eigenvalue weighted by Crippen LogP contribution is -1.90. The molecular weight excluding hydrogens is 120 g/mol. The average Bonchev–Trinajstić information content (AvgIpc) is 1.99. The van der Waals surface area contributed by atoms with Crippen LogP contribution >= 0.6 is 0 Å². The summed E-state index contributed by atoms with van der Waals surface area (Å²) in [6.07, 6.45) is 4.66. The molecule has 0 saturated heterocycles. The van der Waals surface area contributed by atoms with Crippen LogP contribution in [0.2, 0.25) is 0 Å². The Bertz CT molecular complexity index is 110. The number of hydrogen-bond acceptors (Lipinski definition) is 0. The Hall–Kier alpha value is -0.440. The largest absolute Gasteiger partial charge is 0.103 e. The van der Waals surface area contributed by atoms with Gasteiger partial charge in [0.25, 0.3) is 0 Å². The van der Waals surface area contributed by atoms with Crippen molar-refractivity contribution < 1.29 is 0 Å². The third-order valence-electron chi connectivity index (χ3n) is 1.67. The summed E-state index contributed by atoms with van der Waals surface area (Å²) in [5.74, 6) is 7.10. The molecule has 0 nitrogen and oxygen atoms in total. The molecule has 0 aromatic carbocycles. The third kappa shape index (κ3) is 4.44. The first-order valence-electron chi connectivity index (χ1n) is 4.33. The fourth-order valence-corrected chi connectivity index (χ4v) is 0.834. The van der Waals surface area contributed by atoms with Gasteiger partial charge in [0, 0.05) is 12.3 Å². The van der Waals surface area contributed by atoms with Crippen molar-refractivity contribution in [2.75, 3.05) is 0 Å². The lowest BCUT2D eigenvalue weighted by Gasteiger charge is -2.00. The first-order valence-corrected chi connectivity index (χ1v) is 4.33. The molecule has 10 heavy (non-hydrogen) atoms. The van der Waals surface area contributed by atoms with E-state index in [4.69, 9.17) is 0 Å². The Morgan fingerprint density at radius 2 is 1.70 bits per heavy atom. The summed E-state index contributed by atoms with van der Waals surface area (Å²) in [4.78, 5) is 0. The van der Waals surface area contributed by atoms with E-state index in [9.17, 15) is 0 Å². The van der Waals surface area contributed by atoms with Gasteiger partial charge in [0.2, 0.25) is 0 Å². The van der Waals surface area contributed by atoms with Crippen molar-refractivity contribution in [2.45, 2.75) is 46.5 Å². The van der Waals surface area contributed by atoms with Crippen LogP contribution in [-0.2, 0) is 0 Å². The van der Waals surface area contributed by atoms with Crippen molar-refractivity contribution >= 4 is 0 Å². The maximum absolute atomic E-state index is 3.27. The minimum absolute atomic E-state index is 0.645. The highest BCUT2D eigenvalue weighted by Gasteiger charge is 1.94. The van der Waals surface area contributed by atoms with Crippen LogP contribution in [-0.4, -0.2) is 0 Å². The summed E-state index contributed by atoms with van der Waals surface area (Å²) < 4.78 is 0. The molecule has 0 spiro atoms. The monoisotopic (exact) mass is 138 g/mol. The molecule has 0 rings (SSSR count). The molecule has 0 N–H and O–H groups in total. The first-order chi connectivity index (χ1) is 4.85. The van der Waals surface area contributed by atoms with Crippen LogP contribution in [0.15, 0.2) is 0 Å². The number of rotatable bonds is 3. The molecule has 0 aromatic rings. The van der Waals surface area contributed by atoms with Gasteiger partial charge < -0.3 is 0 Å². The van der Waals surface area contributed by atoms with E-state index in [1.54, 1.807) is 0 Å². The quantitative estimate of drug-likeness (QED) is 0.525. The highest BCUT2D eigenvalue weighted by molar-refractivity contribution is 5.02. The SMILES string of the molecule is CCCC#CC(CC)CC. The minimum Gasteiger partial charge on any atom is -0.103 e. The second-order valence-electron chi connectivity index (χ2n) is 2.58. The van der Waals surface area contributed by atoms with E-state index in [0.29, 0.717) is 5.92 Å². The van der Waals surface area contributed by atoms with Gasteiger partial charge in [0.1, 0.15) is 0 Å². The van der Waals surface area contributed by atoms with Crippen LogP contribution in [0.3, 0.4) is 0 Å². The van der Waals surface area contributed by atoms with E-state index >= 15 is 0 Å². The zero-order valence-electron chi connectivity index (χ0n) is 7.41. The van der Waals surface area contributed by atoms with E-state index in [1.165, 1.54) is 19.3 Å². The first kappa shape index (κ1) is 9.56. The van der Waals surface area contributed by atoms with E-state index in [-0.39, 0.29) is 0 Å². The summed E-state index contributed by atoms with van der Waals surface area (Å²) in [7, 11) is 0. The maximum Gasteiger partial charge on any atom is 0.0197 e. The van der Waals surface area contributed by atoms with Gasteiger partial charge in [-0.15, -0.1) is 5.92 Å².